The Balaban J connectivity index is 1.22. The zero-order chi connectivity index (χ0) is 21.5. The van der Waals surface area contributed by atoms with E-state index in [0.29, 0.717) is 12.1 Å². The minimum atomic E-state index is 0.454. The monoisotopic (exact) mass is 431 g/mol. The fourth-order valence-corrected chi connectivity index (χ4v) is 5.42. The molecule has 2 fully saturated rings. The van der Waals surface area contributed by atoms with Gasteiger partial charge in [-0.2, -0.15) is 5.10 Å². The SMILES string of the molecule is Cn1cc(-c2cc3c(cn2)Cc2ncnc(NC4CCC(N5CCOCC5)CC4)c2-3)cn1. The van der Waals surface area contributed by atoms with Crippen molar-refractivity contribution in [2.75, 3.05) is 31.6 Å². The van der Waals surface area contributed by atoms with Crippen LogP contribution in [-0.4, -0.2) is 68.0 Å². The number of ether oxygens (including phenoxy) is 1. The summed E-state index contributed by atoms with van der Waals surface area (Å²) in [5.41, 5.74) is 6.60. The number of pyridine rings is 1. The van der Waals surface area contributed by atoms with Gasteiger partial charge in [0.25, 0.3) is 0 Å². The lowest BCUT2D eigenvalue weighted by atomic mass is 9.89. The molecule has 8 nitrogen and oxygen atoms in total. The lowest BCUT2D eigenvalue weighted by Crippen LogP contribution is -2.46. The van der Waals surface area contributed by atoms with Crippen LogP contribution in [0.3, 0.4) is 0 Å². The average Bonchev–Trinajstić information content (AvgIpc) is 3.43. The summed E-state index contributed by atoms with van der Waals surface area (Å²) in [6, 6.07) is 3.32. The molecule has 8 heteroatoms. The number of hydrogen-bond donors (Lipinski definition) is 1. The van der Waals surface area contributed by atoms with E-state index < -0.39 is 0 Å². The largest absolute Gasteiger partial charge is 0.379 e. The fourth-order valence-electron chi connectivity index (χ4n) is 5.42. The Morgan fingerprint density at radius 3 is 2.66 bits per heavy atom. The molecule has 1 N–H and O–H groups in total. The van der Waals surface area contributed by atoms with Crippen molar-refractivity contribution in [1.29, 1.82) is 0 Å². The van der Waals surface area contributed by atoms with Gasteiger partial charge in [0.2, 0.25) is 0 Å². The molecule has 1 saturated heterocycles. The van der Waals surface area contributed by atoms with Crippen molar-refractivity contribution in [3.63, 3.8) is 0 Å². The normalized spacial score (nSPS) is 23.0. The summed E-state index contributed by atoms with van der Waals surface area (Å²) in [6.07, 6.45) is 13.2. The van der Waals surface area contributed by atoms with E-state index in [0.717, 1.165) is 61.1 Å². The summed E-state index contributed by atoms with van der Waals surface area (Å²) in [5.74, 6) is 0.965. The number of anilines is 1. The van der Waals surface area contributed by atoms with Crippen molar-refractivity contribution in [2.24, 2.45) is 7.05 Å². The van der Waals surface area contributed by atoms with Crippen LogP contribution in [0, 0.1) is 0 Å². The minimum absolute atomic E-state index is 0.454. The Morgan fingerprint density at radius 2 is 1.88 bits per heavy atom. The molecule has 3 aromatic heterocycles. The highest BCUT2D eigenvalue weighted by Gasteiger charge is 2.29. The Bertz CT molecular complexity index is 1110. The van der Waals surface area contributed by atoms with Crippen LogP contribution in [0.15, 0.2) is 31.0 Å². The molecule has 0 bridgehead atoms. The number of morpholine rings is 1. The first kappa shape index (κ1) is 19.8. The first-order valence-corrected chi connectivity index (χ1v) is 11.6. The van der Waals surface area contributed by atoms with Gasteiger partial charge in [0.1, 0.15) is 12.1 Å². The van der Waals surface area contributed by atoms with E-state index in [2.05, 4.69) is 36.3 Å². The van der Waals surface area contributed by atoms with Gasteiger partial charge in [-0.3, -0.25) is 14.6 Å². The van der Waals surface area contributed by atoms with Crippen LogP contribution in [0.4, 0.5) is 5.82 Å². The van der Waals surface area contributed by atoms with Crippen LogP contribution in [0.1, 0.15) is 36.9 Å². The third-order valence-corrected chi connectivity index (χ3v) is 7.14. The van der Waals surface area contributed by atoms with E-state index in [1.807, 2.05) is 30.3 Å². The molecular formula is C24H29N7O. The van der Waals surface area contributed by atoms with Crippen molar-refractivity contribution in [1.82, 2.24) is 29.6 Å². The van der Waals surface area contributed by atoms with Crippen LogP contribution < -0.4 is 5.32 Å². The Morgan fingerprint density at radius 1 is 1.03 bits per heavy atom. The molecule has 3 aliphatic rings. The van der Waals surface area contributed by atoms with Gasteiger partial charge in [0.15, 0.2) is 0 Å². The molecule has 2 aliphatic carbocycles. The molecule has 6 rings (SSSR count). The molecule has 3 aromatic rings. The first-order chi connectivity index (χ1) is 15.7. The van der Waals surface area contributed by atoms with Crippen molar-refractivity contribution >= 4 is 5.82 Å². The maximum Gasteiger partial charge on any atom is 0.137 e. The quantitative estimate of drug-likeness (QED) is 0.532. The molecule has 0 unspecified atom stereocenters. The first-order valence-electron chi connectivity index (χ1n) is 11.6. The molecule has 0 atom stereocenters. The van der Waals surface area contributed by atoms with Crippen molar-refractivity contribution in [3.8, 4) is 22.4 Å². The Kier molecular flexibility index (Phi) is 5.11. The van der Waals surface area contributed by atoms with Gasteiger partial charge in [-0.15, -0.1) is 0 Å². The van der Waals surface area contributed by atoms with E-state index in [4.69, 9.17) is 4.74 Å². The summed E-state index contributed by atoms with van der Waals surface area (Å²) in [7, 11) is 1.93. The highest BCUT2D eigenvalue weighted by Crippen LogP contribution is 2.41. The van der Waals surface area contributed by atoms with Crippen LogP contribution in [-0.2, 0) is 18.2 Å². The maximum absolute atomic E-state index is 5.52. The molecule has 32 heavy (non-hydrogen) atoms. The molecule has 0 spiro atoms. The number of aryl methyl sites for hydroxylation is 1. The van der Waals surface area contributed by atoms with Gasteiger partial charge >= 0.3 is 0 Å². The van der Waals surface area contributed by atoms with Gasteiger partial charge in [0.05, 0.1) is 30.8 Å². The van der Waals surface area contributed by atoms with Crippen LogP contribution in [0.5, 0.6) is 0 Å². The van der Waals surface area contributed by atoms with E-state index in [9.17, 15) is 0 Å². The maximum atomic E-state index is 5.52. The Labute approximate surface area is 188 Å². The summed E-state index contributed by atoms with van der Waals surface area (Å²) in [6.45, 7) is 3.90. The number of nitrogens with zero attached hydrogens (tertiary/aromatic N) is 6. The molecule has 4 heterocycles. The number of rotatable bonds is 4. The van der Waals surface area contributed by atoms with Crippen LogP contribution >= 0.6 is 0 Å². The summed E-state index contributed by atoms with van der Waals surface area (Å²) in [4.78, 5) is 16.6. The zero-order valence-corrected chi connectivity index (χ0v) is 18.5. The second-order valence-electron chi connectivity index (χ2n) is 9.15. The minimum Gasteiger partial charge on any atom is -0.379 e. The fraction of sp³-hybridized carbons (Fsp3) is 0.500. The highest BCUT2D eigenvalue weighted by atomic mass is 16.5. The lowest BCUT2D eigenvalue weighted by Gasteiger charge is -2.39. The van der Waals surface area contributed by atoms with Gasteiger partial charge < -0.3 is 10.1 Å². The number of aromatic nitrogens is 5. The molecule has 1 aliphatic heterocycles. The second kappa shape index (κ2) is 8.26. The Hall–Kier alpha value is -2.84. The number of nitrogens with one attached hydrogen (secondary N) is 1. The predicted molar refractivity (Wildman–Crippen MR) is 122 cm³/mol. The third kappa shape index (κ3) is 3.67. The zero-order valence-electron chi connectivity index (χ0n) is 18.5. The van der Waals surface area contributed by atoms with Crippen molar-refractivity contribution in [3.05, 3.63) is 42.2 Å². The van der Waals surface area contributed by atoms with E-state index >= 15 is 0 Å². The smallest absolute Gasteiger partial charge is 0.137 e. The van der Waals surface area contributed by atoms with Crippen LogP contribution in [0.25, 0.3) is 22.4 Å². The predicted octanol–water partition coefficient (Wildman–Crippen LogP) is 2.90. The van der Waals surface area contributed by atoms with E-state index in [-0.39, 0.29) is 0 Å². The highest BCUT2D eigenvalue weighted by molar-refractivity contribution is 5.85. The lowest BCUT2D eigenvalue weighted by molar-refractivity contribution is 0.00791. The van der Waals surface area contributed by atoms with Crippen LogP contribution in [0.2, 0.25) is 0 Å². The van der Waals surface area contributed by atoms with Gasteiger partial charge in [-0.05, 0) is 42.9 Å². The third-order valence-electron chi connectivity index (χ3n) is 7.14. The molecule has 1 saturated carbocycles. The topological polar surface area (TPSA) is 81.0 Å². The average molecular weight is 432 g/mol. The second-order valence-corrected chi connectivity index (χ2v) is 9.15. The number of fused-ring (bicyclic) bond motifs is 3. The molecular weight excluding hydrogens is 402 g/mol. The van der Waals surface area contributed by atoms with E-state index in [1.54, 1.807) is 6.33 Å². The van der Waals surface area contributed by atoms with Gasteiger partial charge in [0, 0.05) is 62.2 Å². The molecule has 0 aromatic carbocycles. The summed E-state index contributed by atoms with van der Waals surface area (Å²) < 4.78 is 7.33. The molecule has 0 amide bonds. The molecule has 0 radical (unpaired) electrons. The summed E-state index contributed by atoms with van der Waals surface area (Å²) in [5, 5.41) is 8.07. The standard InChI is InChI=1S/C24H29N7O/c1-30-14-17(13-28-30)21-11-20-16(12-25-21)10-22-23(20)24(27-15-26-22)29-18-2-4-19(5-3-18)31-6-8-32-9-7-31/h11-15,18-19H,2-10H2,1H3,(H,26,27,29). The summed E-state index contributed by atoms with van der Waals surface area (Å²) >= 11 is 0. The number of hydrogen-bond acceptors (Lipinski definition) is 7. The van der Waals surface area contributed by atoms with Crippen molar-refractivity contribution in [2.45, 2.75) is 44.2 Å². The van der Waals surface area contributed by atoms with Gasteiger partial charge in [-0.25, -0.2) is 9.97 Å². The van der Waals surface area contributed by atoms with Crippen molar-refractivity contribution < 1.29 is 4.74 Å². The van der Waals surface area contributed by atoms with E-state index in [1.165, 1.54) is 36.8 Å². The molecule has 166 valence electrons. The van der Waals surface area contributed by atoms with Gasteiger partial charge in [-0.1, -0.05) is 0 Å².